The van der Waals surface area contributed by atoms with Crippen LogP contribution in [0.2, 0.25) is 0 Å². The Bertz CT molecular complexity index is 676. The lowest BCUT2D eigenvalue weighted by Crippen LogP contribution is -2.18. The molecule has 0 spiro atoms. The molecule has 1 heterocycles. The van der Waals surface area contributed by atoms with Gasteiger partial charge in [0, 0.05) is 17.6 Å². The summed E-state index contributed by atoms with van der Waals surface area (Å²) in [6.07, 6.45) is 5.87. The topological polar surface area (TPSA) is 43.4 Å². The van der Waals surface area contributed by atoms with Gasteiger partial charge in [-0.2, -0.15) is 0 Å². The number of hydrogen-bond donors (Lipinski definition) is 1. The smallest absolute Gasteiger partial charge is 0.161 e. The molecule has 2 fully saturated rings. The van der Waals surface area contributed by atoms with Gasteiger partial charge in [0.1, 0.15) is 5.82 Å². The number of nitrogens with zero attached hydrogens (tertiary/aromatic N) is 1. The van der Waals surface area contributed by atoms with Crippen molar-refractivity contribution in [2.75, 3.05) is 19.5 Å². The van der Waals surface area contributed by atoms with Gasteiger partial charge < -0.3 is 14.8 Å². The Hall–Kier alpha value is -1.97. The van der Waals surface area contributed by atoms with Gasteiger partial charge in [0.25, 0.3) is 0 Å². The molecule has 4 nitrogen and oxygen atoms in total. The van der Waals surface area contributed by atoms with Gasteiger partial charge in [-0.1, -0.05) is 0 Å². The van der Waals surface area contributed by atoms with Crippen LogP contribution in [0.15, 0.2) is 24.4 Å². The van der Waals surface area contributed by atoms with E-state index in [4.69, 9.17) is 9.47 Å². The fourth-order valence-corrected chi connectivity index (χ4v) is 3.64. The van der Waals surface area contributed by atoms with E-state index in [1.54, 1.807) is 14.2 Å². The molecule has 4 rings (SSSR count). The highest BCUT2D eigenvalue weighted by molar-refractivity contribution is 5.94. The van der Waals surface area contributed by atoms with Crippen LogP contribution >= 0.6 is 0 Å². The number of ether oxygens (including phenoxy) is 2. The van der Waals surface area contributed by atoms with Crippen LogP contribution in [0.25, 0.3) is 10.8 Å². The molecule has 0 radical (unpaired) electrons. The lowest BCUT2D eigenvalue weighted by molar-refractivity contribution is 0.356. The molecule has 1 N–H and O–H groups in total. The lowest BCUT2D eigenvalue weighted by Gasteiger charge is -2.17. The third-order valence-corrected chi connectivity index (χ3v) is 4.85. The SMILES string of the molecule is COc1cc2ccnc(NC3CC4CC4C3)c2cc1OC. The normalized spacial score (nSPS) is 26.5. The van der Waals surface area contributed by atoms with E-state index >= 15 is 0 Å². The Balaban J connectivity index is 1.70. The van der Waals surface area contributed by atoms with E-state index in [9.17, 15) is 0 Å². The van der Waals surface area contributed by atoms with Crippen LogP contribution in [0.3, 0.4) is 0 Å². The molecule has 2 saturated carbocycles. The molecule has 0 aliphatic heterocycles. The molecule has 2 aromatic rings. The molecular weight excluding hydrogens is 264 g/mol. The van der Waals surface area contributed by atoms with Gasteiger partial charge in [-0.25, -0.2) is 4.98 Å². The lowest BCUT2D eigenvalue weighted by atomic mass is 10.1. The van der Waals surface area contributed by atoms with Crippen LogP contribution in [0.4, 0.5) is 5.82 Å². The third kappa shape index (κ3) is 2.19. The van der Waals surface area contributed by atoms with Crippen LogP contribution in [0, 0.1) is 11.8 Å². The van der Waals surface area contributed by atoms with Crippen molar-refractivity contribution in [1.29, 1.82) is 0 Å². The van der Waals surface area contributed by atoms with E-state index in [0.717, 1.165) is 39.9 Å². The van der Waals surface area contributed by atoms with E-state index in [2.05, 4.69) is 10.3 Å². The number of methoxy groups -OCH3 is 2. The monoisotopic (exact) mass is 284 g/mol. The molecule has 1 aromatic carbocycles. The van der Waals surface area contributed by atoms with Gasteiger partial charge >= 0.3 is 0 Å². The van der Waals surface area contributed by atoms with Crippen molar-refractivity contribution in [3.05, 3.63) is 24.4 Å². The predicted molar refractivity (Wildman–Crippen MR) is 83.1 cm³/mol. The molecule has 2 atom stereocenters. The molecule has 4 heteroatoms. The van der Waals surface area contributed by atoms with Crippen LogP contribution in [-0.4, -0.2) is 25.2 Å². The molecule has 1 aromatic heterocycles. The summed E-state index contributed by atoms with van der Waals surface area (Å²) in [6, 6.07) is 6.60. The zero-order valence-corrected chi connectivity index (χ0v) is 12.4. The van der Waals surface area contributed by atoms with E-state index in [1.165, 1.54) is 19.3 Å². The third-order valence-electron chi connectivity index (χ3n) is 4.85. The predicted octanol–water partition coefficient (Wildman–Crippen LogP) is 3.46. The summed E-state index contributed by atoms with van der Waals surface area (Å²) in [5, 5.41) is 5.84. The summed E-state index contributed by atoms with van der Waals surface area (Å²) in [5.74, 6) is 4.39. The molecule has 0 saturated heterocycles. The number of fused-ring (bicyclic) bond motifs is 2. The van der Waals surface area contributed by atoms with Crippen LogP contribution in [0.1, 0.15) is 19.3 Å². The summed E-state index contributed by atoms with van der Waals surface area (Å²) < 4.78 is 10.8. The maximum atomic E-state index is 5.41. The Morgan fingerprint density at radius 2 is 1.76 bits per heavy atom. The highest BCUT2D eigenvalue weighted by atomic mass is 16.5. The summed E-state index contributed by atoms with van der Waals surface area (Å²) in [6.45, 7) is 0. The van der Waals surface area contributed by atoms with Crippen LogP contribution in [-0.2, 0) is 0 Å². The van der Waals surface area contributed by atoms with Crippen LogP contribution < -0.4 is 14.8 Å². The fourth-order valence-electron chi connectivity index (χ4n) is 3.64. The number of hydrogen-bond acceptors (Lipinski definition) is 4. The largest absolute Gasteiger partial charge is 0.493 e. The van der Waals surface area contributed by atoms with Gasteiger partial charge in [-0.3, -0.25) is 0 Å². The summed E-state index contributed by atoms with van der Waals surface area (Å²) in [7, 11) is 3.33. The van der Waals surface area contributed by atoms with E-state index in [0.29, 0.717) is 6.04 Å². The van der Waals surface area contributed by atoms with Crippen molar-refractivity contribution in [2.45, 2.75) is 25.3 Å². The number of nitrogens with one attached hydrogen (secondary N) is 1. The molecule has 21 heavy (non-hydrogen) atoms. The Morgan fingerprint density at radius 3 is 2.48 bits per heavy atom. The number of anilines is 1. The van der Waals surface area contributed by atoms with Gasteiger partial charge in [-0.05, 0) is 54.7 Å². The second-order valence-electron chi connectivity index (χ2n) is 6.16. The highest BCUT2D eigenvalue weighted by Gasteiger charge is 2.45. The first kappa shape index (κ1) is 12.7. The standard InChI is InChI=1S/C17H20N2O2/c1-20-15-8-10-3-4-18-17(14(10)9-16(15)21-2)19-13-6-11-5-12(11)7-13/h3-4,8-9,11-13H,5-7H2,1-2H3,(H,18,19). The zero-order valence-electron chi connectivity index (χ0n) is 12.4. The number of pyridine rings is 1. The first-order chi connectivity index (χ1) is 10.3. The van der Waals surface area contributed by atoms with Gasteiger partial charge in [0.05, 0.1) is 14.2 Å². The second-order valence-corrected chi connectivity index (χ2v) is 6.16. The fraction of sp³-hybridized carbons (Fsp3) is 0.471. The quantitative estimate of drug-likeness (QED) is 0.933. The number of rotatable bonds is 4. The van der Waals surface area contributed by atoms with E-state index in [-0.39, 0.29) is 0 Å². The van der Waals surface area contributed by atoms with Gasteiger partial charge in [0.2, 0.25) is 0 Å². The average Bonchev–Trinajstić information content (AvgIpc) is 3.13. The molecule has 0 bridgehead atoms. The van der Waals surface area contributed by atoms with Crippen molar-refractivity contribution in [3.8, 4) is 11.5 Å². The number of aromatic nitrogens is 1. The Labute approximate surface area is 124 Å². The summed E-state index contributed by atoms with van der Waals surface area (Å²) >= 11 is 0. The minimum atomic E-state index is 0.569. The maximum Gasteiger partial charge on any atom is 0.161 e. The molecular formula is C17H20N2O2. The van der Waals surface area contributed by atoms with Crippen molar-refractivity contribution in [1.82, 2.24) is 4.98 Å². The minimum Gasteiger partial charge on any atom is -0.493 e. The zero-order chi connectivity index (χ0) is 14.4. The molecule has 0 amide bonds. The first-order valence-corrected chi connectivity index (χ1v) is 7.55. The molecule has 2 aliphatic rings. The summed E-state index contributed by atoms with van der Waals surface area (Å²) in [5.41, 5.74) is 0. The van der Waals surface area contributed by atoms with Crippen molar-refractivity contribution >= 4 is 16.6 Å². The minimum absolute atomic E-state index is 0.569. The van der Waals surface area contributed by atoms with Crippen molar-refractivity contribution < 1.29 is 9.47 Å². The molecule has 2 aliphatic carbocycles. The average molecular weight is 284 g/mol. The molecule has 2 unspecified atom stereocenters. The molecule has 110 valence electrons. The van der Waals surface area contributed by atoms with E-state index < -0.39 is 0 Å². The Morgan fingerprint density at radius 1 is 1.05 bits per heavy atom. The Kier molecular flexibility index (Phi) is 2.91. The maximum absolute atomic E-state index is 5.41. The van der Waals surface area contributed by atoms with Gasteiger partial charge in [0.15, 0.2) is 11.5 Å². The van der Waals surface area contributed by atoms with Crippen molar-refractivity contribution in [2.24, 2.45) is 11.8 Å². The number of benzene rings is 1. The van der Waals surface area contributed by atoms with Gasteiger partial charge in [-0.15, -0.1) is 0 Å². The van der Waals surface area contributed by atoms with Crippen molar-refractivity contribution in [3.63, 3.8) is 0 Å². The second kappa shape index (κ2) is 4.79. The van der Waals surface area contributed by atoms with E-state index in [1.807, 2.05) is 24.4 Å². The summed E-state index contributed by atoms with van der Waals surface area (Å²) in [4.78, 5) is 4.53. The van der Waals surface area contributed by atoms with Crippen LogP contribution in [0.5, 0.6) is 11.5 Å². The highest BCUT2D eigenvalue weighted by Crippen LogP contribution is 2.52. The first-order valence-electron chi connectivity index (χ1n) is 7.55.